The van der Waals surface area contributed by atoms with Crippen LogP contribution in [0.2, 0.25) is 0 Å². The molecule has 0 saturated heterocycles. The molecular formula is C19H10N. The normalized spacial score (nSPS) is 12.8. The first-order valence-corrected chi connectivity index (χ1v) is 6.75. The number of fused-ring (bicyclic) bond motifs is 7. The molecule has 0 atom stereocenters. The highest BCUT2D eigenvalue weighted by molar-refractivity contribution is 5.87. The molecule has 2 aliphatic rings. The maximum absolute atomic E-state index is 4.81. The largest absolute Gasteiger partial charge is 0.247 e. The maximum Gasteiger partial charge on any atom is 0.0795 e. The van der Waals surface area contributed by atoms with Crippen LogP contribution in [0.1, 0.15) is 5.56 Å². The van der Waals surface area contributed by atoms with E-state index in [-0.39, 0.29) is 0 Å². The molecule has 1 heteroatoms. The highest BCUT2D eigenvalue weighted by atomic mass is 14.8. The van der Waals surface area contributed by atoms with E-state index in [9.17, 15) is 0 Å². The zero-order chi connectivity index (χ0) is 13.1. The fourth-order valence-corrected chi connectivity index (χ4v) is 3.21. The van der Waals surface area contributed by atoms with Crippen LogP contribution in [-0.4, -0.2) is 0 Å². The lowest BCUT2D eigenvalue weighted by Crippen LogP contribution is -2.25. The molecule has 1 aliphatic heterocycles. The minimum Gasteiger partial charge on any atom is -0.247 e. The molecular weight excluding hydrogens is 242 g/mol. The Kier molecular flexibility index (Phi) is 1.75. The molecule has 91 valence electrons. The smallest absolute Gasteiger partial charge is 0.0795 e. The van der Waals surface area contributed by atoms with Gasteiger partial charge in [0.25, 0.3) is 0 Å². The van der Waals surface area contributed by atoms with Crippen LogP contribution < -0.4 is 10.6 Å². The number of rotatable bonds is 0. The standard InChI is InChI=1S/C19H10N/c1-2-6-13-12(5-1)11-17-14(13)9-10-16-15-7-3-4-8-18(15)20-19(16)17/h1-3,5-11H. The van der Waals surface area contributed by atoms with Gasteiger partial charge in [-0.15, -0.1) is 0 Å². The van der Waals surface area contributed by atoms with Crippen molar-refractivity contribution < 1.29 is 0 Å². The van der Waals surface area contributed by atoms with E-state index in [2.05, 4.69) is 54.6 Å². The molecule has 20 heavy (non-hydrogen) atoms. The topological polar surface area (TPSA) is 12.4 Å². The van der Waals surface area contributed by atoms with Crippen LogP contribution in [0.4, 0.5) is 5.69 Å². The van der Waals surface area contributed by atoms with Crippen molar-refractivity contribution in [2.75, 3.05) is 0 Å². The van der Waals surface area contributed by atoms with E-state index >= 15 is 0 Å². The van der Waals surface area contributed by atoms with Gasteiger partial charge in [-0.2, -0.15) is 0 Å². The highest BCUT2D eigenvalue weighted by Crippen LogP contribution is 2.33. The lowest BCUT2D eigenvalue weighted by molar-refractivity contribution is 1.38. The Bertz CT molecular complexity index is 914. The van der Waals surface area contributed by atoms with Crippen molar-refractivity contribution in [3.63, 3.8) is 0 Å². The van der Waals surface area contributed by atoms with Crippen molar-refractivity contribution in [2.45, 2.75) is 0 Å². The van der Waals surface area contributed by atoms with Crippen molar-refractivity contribution in [1.29, 1.82) is 0 Å². The van der Waals surface area contributed by atoms with Crippen molar-refractivity contribution >= 4 is 11.8 Å². The van der Waals surface area contributed by atoms with Gasteiger partial charge in [0.15, 0.2) is 0 Å². The van der Waals surface area contributed by atoms with Crippen molar-refractivity contribution in [3.05, 3.63) is 76.8 Å². The van der Waals surface area contributed by atoms with Crippen molar-refractivity contribution in [3.8, 4) is 22.3 Å². The van der Waals surface area contributed by atoms with E-state index in [4.69, 9.17) is 4.99 Å². The first-order chi connectivity index (χ1) is 9.92. The Morgan fingerprint density at radius 1 is 0.800 bits per heavy atom. The summed E-state index contributed by atoms with van der Waals surface area (Å²) in [5.74, 6) is 0. The lowest BCUT2D eigenvalue weighted by Gasteiger charge is -2.01. The van der Waals surface area contributed by atoms with Crippen molar-refractivity contribution in [2.24, 2.45) is 4.99 Å². The molecule has 3 aromatic rings. The zero-order valence-electron chi connectivity index (χ0n) is 10.7. The molecule has 1 heterocycles. The van der Waals surface area contributed by atoms with Crippen molar-refractivity contribution in [1.82, 2.24) is 0 Å². The first-order valence-electron chi connectivity index (χ1n) is 6.75. The van der Waals surface area contributed by atoms with Gasteiger partial charge in [-0.25, -0.2) is 4.99 Å². The molecule has 0 bridgehead atoms. The van der Waals surface area contributed by atoms with E-state index < -0.39 is 0 Å². The fourth-order valence-electron chi connectivity index (χ4n) is 3.21. The van der Waals surface area contributed by atoms with Crippen LogP contribution in [0.5, 0.6) is 0 Å². The quantitative estimate of drug-likeness (QED) is 0.401. The van der Waals surface area contributed by atoms with E-state index in [0.29, 0.717) is 0 Å². The van der Waals surface area contributed by atoms with Gasteiger partial charge in [0, 0.05) is 16.3 Å². The predicted molar refractivity (Wildman–Crippen MR) is 80.2 cm³/mol. The summed E-state index contributed by atoms with van der Waals surface area (Å²) in [7, 11) is 0. The van der Waals surface area contributed by atoms with Gasteiger partial charge in [0.1, 0.15) is 0 Å². The van der Waals surface area contributed by atoms with Crippen LogP contribution in [0.3, 0.4) is 0 Å². The average Bonchev–Trinajstić information content (AvgIpc) is 3.05. The van der Waals surface area contributed by atoms with Gasteiger partial charge in [-0.05, 0) is 34.9 Å². The summed E-state index contributed by atoms with van der Waals surface area (Å²) >= 11 is 0. The average molecular weight is 252 g/mol. The summed E-state index contributed by atoms with van der Waals surface area (Å²) in [4.78, 5) is 4.81. The Labute approximate surface area is 116 Å². The second kappa shape index (κ2) is 3.45. The third-order valence-electron chi connectivity index (χ3n) is 4.13. The summed E-state index contributed by atoms with van der Waals surface area (Å²) in [5, 5.41) is 2.35. The van der Waals surface area contributed by atoms with E-state index in [1.807, 2.05) is 12.1 Å². The van der Waals surface area contributed by atoms with Gasteiger partial charge in [0.05, 0.1) is 11.0 Å². The molecule has 1 aliphatic carbocycles. The van der Waals surface area contributed by atoms with Crippen LogP contribution in [0.25, 0.3) is 28.3 Å². The Hall–Kier alpha value is -2.67. The summed E-state index contributed by atoms with van der Waals surface area (Å²) in [6.45, 7) is 0. The van der Waals surface area contributed by atoms with E-state index in [0.717, 1.165) is 11.0 Å². The second-order valence-corrected chi connectivity index (χ2v) is 5.21. The predicted octanol–water partition coefficient (Wildman–Crippen LogP) is 3.23. The molecule has 0 fully saturated rings. The SMILES string of the molecule is [c]1ccc2c(c1)N=c1c-2ccc2c1=Cc1ccccc1-2. The van der Waals surface area contributed by atoms with Crippen LogP contribution in [0.15, 0.2) is 59.6 Å². The van der Waals surface area contributed by atoms with Gasteiger partial charge in [-0.3, -0.25) is 0 Å². The zero-order valence-corrected chi connectivity index (χ0v) is 10.7. The maximum atomic E-state index is 4.81. The number of hydrogen-bond acceptors (Lipinski definition) is 1. The monoisotopic (exact) mass is 252 g/mol. The second-order valence-electron chi connectivity index (χ2n) is 5.21. The van der Waals surface area contributed by atoms with Crippen LogP contribution in [0, 0.1) is 6.07 Å². The molecule has 0 unspecified atom stereocenters. The Morgan fingerprint density at radius 3 is 2.70 bits per heavy atom. The van der Waals surface area contributed by atoms with Gasteiger partial charge in [0.2, 0.25) is 0 Å². The molecule has 1 radical (unpaired) electrons. The Morgan fingerprint density at radius 2 is 1.70 bits per heavy atom. The number of nitrogens with zero attached hydrogens (tertiary/aromatic N) is 1. The van der Waals surface area contributed by atoms with Crippen LogP contribution in [-0.2, 0) is 0 Å². The minimum atomic E-state index is 1.03. The minimum absolute atomic E-state index is 1.03. The number of benzene rings is 3. The number of hydrogen-bond donors (Lipinski definition) is 0. The molecule has 3 aromatic carbocycles. The van der Waals surface area contributed by atoms with Crippen LogP contribution >= 0.6 is 0 Å². The van der Waals surface area contributed by atoms with Gasteiger partial charge < -0.3 is 0 Å². The molecule has 0 spiro atoms. The molecule has 5 rings (SSSR count). The summed E-state index contributed by atoms with van der Waals surface area (Å²) < 4.78 is 0. The molecule has 0 amide bonds. The summed E-state index contributed by atoms with van der Waals surface area (Å²) in [6, 6.07) is 22.1. The lowest BCUT2D eigenvalue weighted by atomic mass is 10.0. The molecule has 0 saturated carbocycles. The third kappa shape index (κ3) is 1.15. The van der Waals surface area contributed by atoms with Gasteiger partial charge >= 0.3 is 0 Å². The fraction of sp³-hybridized carbons (Fsp3) is 0. The van der Waals surface area contributed by atoms with E-state index in [1.165, 1.54) is 33.0 Å². The molecule has 0 aromatic heterocycles. The van der Waals surface area contributed by atoms with E-state index in [1.54, 1.807) is 0 Å². The Balaban J connectivity index is 1.93. The van der Waals surface area contributed by atoms with Gasteiger partial charge in [-0.1, -0.05) is 48.5 Å². The summed E-state index contributed by atoms with van der Waals surface area (Å²) in [6.07, 6.45) is 2.25. The highest BCUT2D eigenvalue weighted by Gasteiger charge is 2.19. The molecule has 1 nitrogen and oxygen atoms in total. The summed E-state index contributed by atoms with van der Waals surface area (Å²) in [5.41, 5.74) is 7.36. The third-order valence-corrected chi connectivity index (χ3v) is 4.13. The first kappa shape index (κ1) is 10.2. The molecule has 0 N–H and O–H groups in total.